The molecule has 45 heavy (non-hydrogen) atoms. The molecule has 8 nitrogen and oxygen atoms in total. The summed E-state index contributed by atoms with van der Waals surface area (Å²) in [5.74, 6) is -1.25. The Hall–Kier alpha value is -2.46. The second-order valence-corrected chi connectivity index (χ2v) is 13.9. The molecular formula is C33H42ClF2N4O4S+. The van der Waals surface area contributed by atoms with Gasteiger partial charge in [-0.1, -0.05) is 28.6 Å². The number of rotatable bonds is 14. The topological polar surface area (TPSA) is 95.0 Å². The largest absolute Gasteiger partial charge is 0.381 e. The Balaban J connectivity index is 1.25. The smallest absolute Gasteiger partial charge is 0.355 e. The van der Waals surface area contributed by atoms with Crippen LogP contribution in [0, 0.1) is 24.1 Å². The second kappa shape index (κ2) is 15.9. The Morgan fingerprint density at radius 3 is 2.73 bits per heavy atom. The molecule has 3 fully saturated rings. The van der Waals surface area contributed by atoms with E-state index in [2.05, 4.69) is 20.4 Å². The maximum absolute atomic E-state index is 15.2. The van der Waals surface area contributed by atoms with E-state index in [0.717, 1.165) is 38.8 Å². The molecule has 5 rings (SSSR count). The number of benzene rings is 2. The van der Waals surface area contributed by atoms with Crippen LogP contribution in [-0.2, 0) is 27.0 Å². The number of nitrogens with one attached hydrogen (secondary N) is 2. The summed E-state index contributed by atoms with van der Waals surface area (Å²) in [6, 6.07) is 8.99. The molecule has 7 atom stereocenters. The first-order valence-electron chi connectivity index (χ1n) is 15.8. The zero-order valence-corrected chi connectivity index (χ0v) is 26.9. The number of amides is 1. The van der Waals surface area contributed by atoms with Crippen LogP contribution in [0.1, 0.15) is 62.0 Å². The molecule has 0 saturated carbocycles. The van der Waals surface area contributed by atoms with Crippen LogP contribution in [0.25, 0.3) is 4.85 Å². The molecule has 1 amide bonds. The fourth-order valence-electron chi connectivity index (χ4n) is 6.98. The van der Waals surface area contributed by atoms with Gasteiger partial charge in [0.15, 0.2) is 11.1 Å². The van der Waals surface area contributed by atoms with E-state index in [9.17, 15) is 13.4 Å². The Labute approximate surface area is 271 Å². The summed E-state index contributed by atoms with van der Waals surface area (Å²) in [4.78, 5) is 20.1. The third kappa shape index (κ3) is 8.88. The molecule has 7 unspecified atom stereocenters. The van der Waals surface area contributed by atoms with Crippen molar-refractivity contribution in [3.8, 4) is 6.57 Å². The summed E-state index contributed by atoms with van der Waals surface area (Å²) in [7, 11) is 0. The van der Waals surface area contributed by atoms with Crippen LogP contribution in [-0.4, -0.2) is 75.8 Å². The number of ether oxygens (including phenoxy) is 1. The van der Waals surface area contributed by atoms with Crippen LogP contribution in [0.4, 0.5) is 14.5 Å². The Bertz CT molecular complexity index is 1410. The number of hydrogen-bond donors (Lipinski definition) is 3. The summed E-state index contributed by atoms with van der Waals surface area (Å²) >= 11 is 4.19. The van der Waals surface area contributed by atoms with E-state index in [1.807, 2.05) is 0 Å². The molecule has 0 aromatic heterocycles. The quantitative estimate of drug-likeness (QED) is 0.174. The normalized spacial score (nSPS) is 25.0. The third-order valence-corrected chi connectivity index (χ3v) is 10.5. The van der Waals surface area contributed by atoms with Crippen molar-refractivity contribution < 1.29 is 27.1 Å². The summed E-state index contributed by atoms with van der Waals surface area (Å²) in [6.07, 6.45) is 5.86. The van der Waals surface area contributed by atoms with Gasteiger partial charge in [0, 0.05) is 61.4 Å². The number of hydrogen-bond acceptors (Lipinski definition) is 5. The van der Waals surface area contributed by atoms with Crippen molar-refractivity contribution in [2.24, 2.45) is 5.92 Å². The van der Waals surface area contributed by atoms with Gasteiger partial charge in [-0.25, -0.2) is 13.0 Å². The van der Waals surface area contributed by atoms with E-state index in [4.69, 9.17) is 27.5 Å². The highest BCUT2D eigenvalue weighted by Crippen LogP contribution is 2.35. The molecular weight excluding hydrogens is 622 g/mol. The minimum absolute atomic E-state index is 0.00583. The third-order valence-electron chi connectivity index (χ3n) is 9.59. The van der Waals surface area contributed by atoms with Gasteiger partial charge >= 0.3 is 11.9 Å². The molecule has 2 aromatic carbocycles. The van der Waals surface area contributed by atoms with Crippen LogP contribution in [0.15, 0.2) is 36.4 Å². The maximum atomic E-state index is 15.2. The number of fused-ring (bicyclic) bond motifs is 1. The predicted octanol–water partition coefficient (Wildman–Crippen LogP) is 5.84. The predicted molar refractivity (Wildman–Crippen MR) is 173 cm³/mol. The number of nitrogens with zero attached hydrogens (tertiary/aromatic N) is 2. The van der Waals surface area contributed by atoms with Crippen molar-refractivity contribution in [3.63, 3.8) is 0 Å². The Morgan fingerprint density at radius 2 is 2.00 bits per heavy atom. The molecule has 3 heterocycles. The van der Waals surface area contributed by atoms with Gasteiger partial charge in [-0.15, -0.1) is 0 Å². The minimum atomic E-state index is -1.77. The summed E-state index contributed by atoms with van der Waals surface area (Å²) in [5.41, 5.74) is 1.37. The molecule has 0 radical (unpaired) electrons. The van der Waals surface area contributed by atoms with Crippen LogP contribution in [0.2, 0.25) is 5.02 Å². The van der Waals surface area contributed by atoms with E-state index < -0.39 is 40.6 Å². The number of carbonyl (C=O) groups excluding carboxylic acids is 1. The minimum Gasteiger partial charge on any atom is -0.381 e. The van der Waals surface area contributed by atoms with Crippen LogP contribution < -0.4 is 10.6 Å². The van der Waals surface area contributed by atoms with Gasteiger partial charge in [-0.05, 0) is 87.1 Å². The first-order chi connectivity index (χ1) is 21.7. The van der Waals surface area contributed by atoms with E-state index in [1.54, 1.807) is 18.2 Å². The van der Waals surface area contributed by atoms with Crippen LogP contribution >= 0.6 is 11.6 Å². The molecule has 3 aliphatic heterocycles. The zero-order chi connectivity index (χ0) is 31.9. The SMILES string of the molecule is C#[N+]C(C(=O)Nc1cccc(F)c1CCC1NCC(CCCS(=O)O)N2CC12)C(CCC1CCOCC1)c1ccc(Cl)c(F)c1. The van der Waals surface area contributed by atoms with Gasteiger partial charge in [-0.3, -0.25) is 9.69 Å². The van der Waals surface area contributed by atoms with E-state index in [1.165, 1.54) is 18.2 Å². The lowest BCUT2D eigenvalue weighted by Gasteiger charge is -2.31. The van der Waals surface area contributed by atoms with E-state index >= 15 is 4.39 Å². The summed E-state index contributed by atoms with van der Waals surface area (Å²) in [6.45, 7) is 8.97. The fraction of sp³-hybridized carbons (Fsp3) is 0.576. The maximum Gasteiger partial charge on any atom is 0.355 e. The summed E-state index contributed by atoms with van der Waals surface area (Å²) in [5, 5.41) is 6.48. The van der Waals surface area contributed by atoms with Gasteiger partial charge in [0.2, 0.25) is 0 Å². The van der Waals surface area contributed by atoms with Gasteiger partial charge in [-0.2, -0.15) is 0 Å². The van der Waals surface area contributed by atoms with E-state index in [0.29, 0.717) is 73.7 Å². The van der Waals surface area contributed by atoms with Gasteiger partial charge in [0.1, 0.15) is 11.6 Å². The molecule has 3 aliphatic rings. The highest BCUT2D eigenvalue weighted by Gasteiger charge is 2.47. The number of piperazine rings is 1. The first kappa shape index (κ1) is 33.9. The van der Waals surface area contributed by atoms with Crippen molar-refractivity contribution in [1.82, 2.24) is 10.2 Å². The van der Waals surface area contributed by atoms with E-state index in [-0.39, 0.29) is 16.8 Å². The van der Waals surface area contributed by atoms with Crippen LogP contribution in [0.5, 0.6) is 0 Å². The highest BCUT2D eigenvalue weighted by molar-refractivity contribution is 7.79. The van der Waals surface area contributed by atoms with Crippen molar-refractivity contribution in [2.45, 2.75) is 81.5 Å². The Kier molecular flexibility index (Phi) is 12.0. The standard InChI is InChI=1S/C33H41ClF2N4O4S/c1-37-32(24(9-7-21-13-15-44-16-14-21)22-8-11-26(34)28(36)18-22)33(41)39-29-6-2-5-27(35)25(29)10-12-30-31-20-40(31)23(19-38-30)4-3-17-45(42)43/h1-2,5-6,8,11,18,21,23-24,30-32,38H,3-4,7,9-10,12-17,19-20H2,(H-,39,41,42,43)/p+1. The lowest BCUT2D eigenvalue weighted by atomic mass is 9.83. The van der Waals surface area contributed by atoms with Crippen molar-refractivity contribution >= 4 is 34.3 Å². The lowest BCUT2D eigenvalue weighted by molar-refractivity contribution is -0.117. The molecule has 3 N–H and O–H groups in total. The molecule has 3 saturated heterocycles. The average Bonchev–Trinajstić information content (AvgIpc) is 3.83. The monoisotopic (exact) mass is 663 g/mol. The fourth-order valence-corrected chi connectivity index (χ4v) is 7.51. The van der Waals surface area contributed by atoms with Gasteiger partial charge in [0.25, 0.3) is 6.57 Å². The average molecular weight is 664 g/mol. The zero-order valence-electron chi connectivity index (χ0n) is 25.3. The van der Waals surface area contributed by atoms with Crippen molar-refractivity contribution in [2.75, 3.05) is 37.4 Å². The first-order valence-corrected chi connectivity index (χ1v) is 17.5. The molecule has 0 aliphatic carbocycles. The summed E-state index contributed by atoms with van der Waals surface area (Å²) < 4.78 is 55.3. The number of anilines is 1. The van der Waals surface area contributed by atoms with Gasteiger partial charge < -0.3 is 19.9 Å². The molecule has 0 spiro atoms. The van der Waals surface area contributed by atoms with Crippen molar-refractivity contribution in [1.29, 1.82) is 0 Å². The molecule has 2 aromatic rings. The van der Waals surface area contributed by atoms with Crippen LogP contribution in [0.3, 0.4) is 0 Å². The number of halogens is 3. The second-order valence-electron chi connectivity index (χ2n) is 12.4. The molecule has 0 bridgehead atoms. The highest BCUT2D eigenvalue weighted by atomic mass is 35.5. The lowest BCUT2D eigenvalue weighted by Crippen LogP contribution is -2.49. The van der Waals surface area contributed by atoms with Gasteiger partial charge in [0.05, 0.1) is 10.9 Å². The molecule has 244 valence electrons. The number of carbonyl (C=O) groups is 1. The van der Waals surface area contributed by atoms with Crippen molar-refractivity contribution in [3.05, 3.63) is 69.0 Å². The Morgan fingerprint density at radius 1 is 1.20 bits per heavy atom. The molecule has 12 heteroatoms.